The average molecular weight is 489 g/mol. The zero-order chi connectivity index (χ0) is 25.3. The molecule has 0 amide bonds. The van der Waals surface area contributed by atoms with Crippen LogP contribution in [0.15, 0.2) is 23.8 Å². The number of aliphatic hydroxyl groups is 2. The Balaban J connectivity index is 1.50. The number of esters is 3. The lowest BCUT2D eigenvalue weighted by Crippen LogP contribution is -2.73. The molecule has 0 aromatic carbocycles. The number of carbonyl (C=O) groups excluding carboxylic acids is 3. The topological polar surface area (TPSA) is 132 Å². The quantitative estimate of drug-likeness (QED) is 0.320. The van der Waals surface area contributed by atoms with Gasteiger partial charge in [0.15, 0.2) is 6.10 Å². The molecule has 0 aromatic heterocycles. The van der Waals surface area contributed by atoms with Crippen LogP contribution in [-0.4, -0.2) is 63.9 Å². The van der Waals surface area contributed by atoms with Crippen molar-refractivity contribution < 1.29 is 43.5 Å². The van der Waals surface area contributed by atoms with Crippen molar-refractivity contribution >= 4 is 17.9 Å². The van der Waals surface area contributed by atoms with Gasteiger partial charge in [-0.1, -0.05) is 26.8 Å². The maximum absolute atomic E-state index is 13.1. The van der Waals surface area contributed by atoms with Gasteiger partial charge in [-0.05, 0) is 44.4 Å². The normalized spacial score (nSPS) is 53.6. The second-order valence-electron chi connectivity index (χ2n) is 12.3. The first-order chi connectivity index (χ1) is 16.2. The number of rotatable bonds is 1. The Hall–Kier alpha value is -2.23. The van der Waals surface area contributed by atoms with E-state index in [1.54, 1.807) is 0 Å². The highest BCUT2D eigenvalue weighted by atomic mass is 16.7. The van der Waals surface area contributed by atoms with E-state index in [1.807, 2.05) is 33.8 Å². The molecule has 6 aliphatic rings. The molecule has 2 saturated carbocycles. The molecule has 0 radical (unpaired) electrons. The molecule has 0 bridgehead atoms. The van der Waals surface area contributed by atoms with E-state index in [2.05, 4.69) is 6.92 Å². The molecular formula is C26H32O9. The van der Waals surface area contributed by atoms with Crippen LogP contribution in [0, 0.1) is 28.1 Å². The second kappa shape index (κ2) is 6.55. The lowest BCUT2D eigenvalue weighted by atomic mass is 9.37. The molecule has 2 N–H and O–H groups in total. The van der Waals surface area contributed by atoms with Gasteiger partial charge in [-0.15, -0.1) is 0 Å². The van der Waals surface area contributed by atoms with Crippen molar-refractivity contribution in [3.05, 3.63) is 23.8 Å². The third kappa shape index (κ3) is 2.52. The van der Waals surface area contributed by atoms with Crippen LogP contribution in [0.25, 0.3) is 0 Å². The number of hydrogen-bond acceptors (Lipinski definition) is 9. The first-order valence-electron chi connectivity index (χ1n) is 12.3. The molecule has 9 heteroatoms. The van der Waals surface area contributed by atoms with E-state index >= 15 is 0 Å². The molecule has 10 unspecified atom stereocenters. The SMILES string of the molecule is CC1(C)OC(=O)C=CC2(C)C1CC(O)C1(C)C2CCC2(C)C(C3=CC(=O)OC3O)OC(=O)C3OC321. The highest BCUT2D eigenvalue weighted by molar-refractivity contribution is 5.87. The molecule has 4 heterocycles. The van der Waals surface area contributed by atoms with Crippen LogP contribution in [0.4, 0.5) is 0 Å². The summed E-state index contributed by atoms with van der Waals surface area (Å²) >= 11 is 0. The smallest absolute Gasteiger partial charge is 0.339 e. The van der Waals surface area contributed by atoms with Gasteiger partial charge < -0.3 is 29.2 Å². The Morgan fingerprint density at radius 2 is 1.66 bits per heavy atom. The summed E-state index contributed by atoms with van der Waals surface area (Å²) in [6.07, 6.45) is 2.01. The van der Waals surface area contributed by atoms with E-state index < -0.39 is 70.0 Å². The third-order valence-electron chi connectivity index (χ3n) is 10.5. The molecular weight excluding hydrogens is 456 g/mol. The first-order valence-corrected chi connectivity index (χ1v) is 12.3. The van der Waals surface area contributed by atoms with Crippen molar-refractivity contribution in [2.75, 3.05) is 0 Å². The molecule has 4 fully saturated rings. The Morgan fingerprint density at radius 1 is 0.943 bits per heavy atom. The number of ether oxygens (including phenoxy) is 4. The number of aliphatic hydroxyl groups excluding tert-OH is 2. The van der Waals surface area contributed by atoms with Crippen molar-refractivity contribution in [1.29, 1.82) is 0 Å². The molecule has 35 heavy (non-hydrogen) atoms. The van der Waals surface area contributed by atoms with Gasteiger partial charge in [0.25, 0.3) is 0 Å². The second-order valence-corrected chi connectivity index (χ2v) is 12.3. The van der Waals surface area contributed by atoms with Gasteiger partial charge in [-0.2, -0.15) is 0 Å². The van der Waals surface area contributed by atoms with E-state index in [0.29, 0.717) is 19.3 Å². The van der Waals surface area contributed by atoms with Crippen molar-refractivity contribution in [2.45, 2.75) is 89.7 Å². The highest BCUT2D eigenvalue weighted by Crippen LogP contribution is 2.78. The molecule has 9 nitrogen and oxygen atoms in total. The number of fused-ring (bicyclic) bond motifs is 3. The summed E-state index contributed by atoms with van der Waals surface area (Å²) in [5, 5.41) is 22.3. The van der Waals surface area contributed by atoms with E-state index in [-0.39, 0.29) is 17.4 Å². The Morgan fingerprint density at radius 3 is 2.31 bits per heavy atom. The van der Waals surface area contributed by atoms with Gasteiger partial charge in [0.05, 0.1) is 6.10 Å². The first kappa shape index (κ1) is 23.2. The minimum absolute atomic E-state index is 0.140. The monoisotopic (exact) mass is 488 g/mol. The Kier molecular flexibility index (Phi) is 4.34. The molecule has 190 valence electrons. The molecule has 6 rings (SSSR count). The van der Waals surface area contributed by atoms with Gasteiger partial charge in [0, 0.05) is 34.5 Å². The number of carbonyl (C=O) groups is 3. The molecule has 4 aliphatic heterocycles. The number of epoxide rings is 1. The van der Waals surface area contributed by atoms with Crippen LogP contribution in [0.3, 0.4) is 0 Å². The van der Waals surface area contributed by atoms with Crippen molar-refractivity contribution in [2.24, 2.45) is 28.1 Å². The maximum Gasteiger partial charge on any atom is 0.339 e. The molecule has 0 aromatic rings. The summed E-state index contributed by atoms with van der Waals surface area (Å²) in [5.41, 5.74) is -3.89. The van der Waals surface area contributed by atoms with Crippen LogP contribution in [0.1, 0.15) is 53.9 Å². The fourth-order valence-electron chi connectivity index (χ4n) is 8.99. The molecule has 2 saturated heterocycles. The zero-order valence-corrected chi connectivity index (χ0v) is 20.6. The highest BCUT2D eigenvalue weighted by Gasteiger charge is 2.88. The van der Waals surface area contributed by atoms with E-state index in [4.69, 9.17) is 18.9 Å². The minimum Gasteiger partial charge on any atom is -0.456 e. The summed E-state index contributed by atoms with van der Waals surface area (Å²) in [6, 6.07) is 0. The lowest BCUT2D eigenvalue weighted by molar-refractivity contribution is -0.249. The fourth-order valence-corrected chi connectivity index (χ4v) is 8.99. The van der Waals surface area contributed by atoms with Crippen LogP contribution >= 0.6 is 0 Å². The zero-order valence-electron chi connectivity index (χ0n) is 20.6. The number of cyclic esters (lactones) is 3. The summed E-state index contributed by atoms with van der Waals surface area (Å²) in [5.74, 6) is -1.96. The Labute approximate surface area is 203 Å². The fraction of sp³-hybridized carbons (Fsp3) is 0.731. The van der Waals surface area contributed by atoms with E-state index in [0.717, 1.165) is 0 Å². The van der Waals surface area contributed by atoms with Crippen LogP contribution in [-0.2, 0) is 33.3 Å². The number of hydrogen-bond donors (Lipinski definition) is 2. The van der Waals surface area contributed by atoms with Gasteiger partial charge >= 0.3 is 17.9 Å². The predicted molar refractivity (Wildman–Crippen MR) is 118 cm³/mol. The Bertz CT molecular complexity index is 1110. The van der Waals surface area contributed by atoms with Crippen LogP contribution in [0.2, 0.25) is 0 Å². The summed E-state index contributed by atoms with van der Waals surface area (Å²) < 4.78 is 22.8. The molecule has 2 aliphatic carbocycles. The van der Waals surface area contributed by atoms with Crippen LogP contribution < -0.4 is 0 Å². The third-order valence-corrected chi connectivity index (χ3v) is 10.5. The van der Waals surface area contributed by atoms with Gasteiger partial charge in [-0.3, -0.25) is 0 Å². The van der Waals surface area contributed by atoms with Crippen molar-refractivity contribution in [3.8, 4) is 0 Å². The van der Waals surface area contributed by atoms with Crippen LogP contribution in [0.5, 0.6) is 0 Å². The largest absolute Gasteiger partial charge is 0.456 e. The van der Waals surface area contributed by atoms with Gasteiger partial charge in [0.2, 0.25) is 6.29 Å². The van der Waals surface area contributed by atoms with Gasteiger partial charge in [-0.25, -0.2) is 14.4 Å². The lowest BCUT2D eigenvalue weighted by Gasteiger charge is -2.67. The predicted octanol–water partition coefficient (Wildman–Crippen LogP) is 1.55. The maximum atomic E-state index is 13.1. The average Bonchev–Trinajstić information content (AvgIpc) is 3.47. The molecule has 1 spiro atoms. The summed E-state index contributed by atoms with van der Waals surface area (Å²) in [7, 11) is 0. The van der Waals surface area contributed by atoms with E-state index in [9.17, 15) is 24.6 Å². The number of allylic oxidation sites excluding steroid dienone is 1. The van der Waals surface area contributed by atoms with Crippen molar-refractivity contribution in [3.63, 3.8) is 0 Å². The van der Waals surface area contributed by atoms with Gasteiger partial charge in [0.1, 0.15) is 17.3 Å². The summed E-state index contributed by atoms with van der Waals surface area (Å²) in [6.45, 7) is 9.81. The van der Waals surface area contributed by atoms with E-state index in [1.165, 1.54) is 12.2 Å². The minimum atomic E-state index is -1.50. The standard InChI is InChI=1S/C26H32O9/c1-22(2)14-11-15(27)25(5)13(23(14,3)8-7-16(28)34-22)6-9-24(4)18(12-10-17(29)32-20(12)30)33-21(31)19-26(24,25)35-19/h7-8,10,13-15,18-20,27,30H,6,9,11H2,1-5H3. The molecule has 10 atom stereocenters. The van der Waals surface area contributed by atoms with Crippen molar-refractivity contribution in [1.82, 2.24) is 0 Å². The summed E-state index contributed by atoms with van der Waals surface area (Å²) in [4.78, 5) is 37.4.